The summed E-state index contributed by atoms with van der Waals surface area (Å²) in [5, 5.41) is 2.82. The fourth-order valence-electron chi connectivity index (χ4n) is 1.20. The first kappa shape index (κ1) is 10.8. The average molecular weight is 195 g/mol. The lowest BCUT2D eigenvalue weighted by molar-refractivity contribution is -0.121. The molecule has 4 nitrogen and oxygen atoms in total. The zero-order valence-corrected chi connectivity index (χ0v) is 8.49. The Morgan fingerprint density at radius 2 is 2.43 bits per heavy atom. The van der Waals surface area contributed by atoms with Gasteiger partial charge in [-0.3, -0.25) is 4.79 Å². The molecule has 0 saturated carbocycles. The lowest BCUT2D eigenvalue weighted by Crippen LogP contribution is -2.27. The van der Waals surface area contributed by atoms with Gasteiger partial charge in [0.1, 0.15) is 6.54 Å². The third kappa shape index (κ3) is 3.22. The van der Waals surface area contributed by atoms with Gasteiger partial charge in [-0.25, -0.2) is 0 Å². The molecule has 0 spiro atoms. The molecule has 0 unspecified atom stereocenters. The smallest absolute Gasteiger partial charge is 0.239 e. The van der Waals surface area contributed by atoms with E-state index >= 15 is 0 Å². The van der Waals surface area contributed by atoms with E-state index in [2.05, 4.69) is 5.32 Å². The highest BCUT2D eigenvalue weighted by atomic mass is 16.1. The zero-order chi connectivity index (χ0) is 10.4. The van der Waals surface area contributed by atoms with Gasteiger partial charge in [-0.1, -0.05) is 6.92 Å². The van der Waals surface area contributed by atoms with Gasteiger partial charge in [0.05, 0.1) is 0 Å². The minimum Gasteiger partial charge on any atom is -0.355 e. The Morgan fingerprint density at radius 3 is 3.00 bits per heavy atom. The molecule has 1 amide bonds. The minimum absolute atomic E-state index is 0.0472. The van der Waals surface area contributed by atoms with Crippen molar-refractivity contribution in [1.29, 1.82) is 0 Å². The van der Waals surface area contributed by atoms with Crippen LogP contribution < -0.4 is 11.1 Å². The van der Waals surface area contributed by atoms with Crippen LogP contribution >= 0.6 is 0 Å². The minimum atomic E-state index is 0.0472. The lowest BCUT2D eigenvalue weighted by atomic mass is 10.3. The summed E-state index contributed by atoms with van der Waals surface area (Å²) in [4.78, 5) is 11.3. The van der Waals surface area contributed by atoms with Crippen molar-refractivity contribution < 1.29 is 4.79 Å². The van der Waals surface area contributed by atoms with Gasteiger partial charge in [0.2, 0.25) is 5.91 Å². The molecule has 0 saturated heterocycles. The van der Waals surface area contributed by atoms with E-state index in [-0.39, 0.29) is 5.91 Å². The largest absolute Gasteiger partial charge is 0.355 e. The molecule has 0 radical (unpaired) electrons. The Hall–Kier alpha value is -1.29. The monoisotopic (exact) mass is 195 g/mol. The number of nitrogens with zero attached hydrogens (tertiary/aromatic N) is 1. The molecule has 78 valence electrons. The van der Waals surface area contributed by atoms with Gasteiger partial charge in [-0.15, -0.1) is 0 Å². The molecule has 1 aromatic rings. The second-order valence-corrected chi connectivity index (χ2v) is 3.25. The van der Waals surface area contributed by atoms with Crippen molar-refractivity contribution in [3.63, 3.8) is 0 Å². The first-order chi connectivity index (χ1) is 6.76. The van der Waals surface area contributed by atoms with Gasteiger partial charge in [0, 0.05) is 25.5 Å². The van der Waals surface area contributed by atoms with Crippen LogP contribution in [0.15, 0.2) is 18.5 Å². The van der Waals surface area contributed by atoms with Crippen molar-refractivity contribution in [3.8, 4) is 0 Å². The third-order valence-electron chi connectivity index (χ3n) is 1.95. The van der Waals surface area contributed by atoms with Gasteiger partial charge >= 0.3 is 0 Å². The number of hydrogen-bond acceptors (Lipinski definition) is 2. The Labute approximate surface area is 84.1 Å². The van der Waals surface area contributed by atoms with Gasteiger partial charge in [0.15, 0.2) is 0 Å². The maximum atomic E-state index is 11.3. The van der Waals surface area contributed by atoms with Crippen LogP contribution in [0.2, 0.25) is 0 Å². The van der Waals surface area contributed by atoms with Crippen LogP contribution in [-0.4, -0.2) is 17.0 Å². The topological polar surface area (TPSA) is 60.0 Å². The summed E-state index contributed by atoms with van der Waals surface area (Å²) in [6.07, 6.45) is 4.73. The van der Waals surface area contributed by atoms with Gasteiger partial charge in [0.25, 0.3) is 0 Å². The number of nitrogens with one attached hydrogen (secondary N) is 1. The van der Waals surface area contributed by atoms with E-state index in [1.807, 2.05) is 30.0 Å². The highest BCUT2D eigenvalue weighted by molar-refractivity contribution is 5.75. The molecule has 0 aliphatic carbocycles. The SMILES string of the molecule is CCCNC(=O)Cn1ccc(CN)c1. The second-order valence-electron chi connectivity index (χ2n) is 3.25. The molecule has 1 rings (SSSR count). The Balaban J connectivity index is 2.39. The van der Waals surface area contributed by atoms with Crippen LogP contribution in [0.5, 0.6) is 0 Å². The summed E-state index contributed by atoms with van der Waals surface area (Å²) in [5.41, 5.74) is 6.51. The van der Waals surface area contributed by atoms with E-state index in [4.69, 9.17) is 5.73 Å². The molecule has 1 aromatic heterocycles. The van der Waals surface area contributed by atoms with Crippen LogP contribution in [0.1, 0.15) is 18.9 Å². The third-order valence-corrected chi connectivity index (χ3v) is 1.95. The number of nitrogens with two attached hydrogens (primary N) is 1. The van der Waals surface area contributed by atoms with Gasteiger partial charge in [-0.05, 0) is 18.1 Å². The van der Waals surface area contributed by atoms with E-state index < -0.39 is 0 Å². The first-order valence-electron chi connectivity index (χ1n) is 4.87. The lowest BCUT2D eigenvalue weighted by Gasteiger charge is -2.03. The maximum absolute atomic E-state index is 11.3. The molecule has 0 aromatic carbocycles. The van der Waals surface area contributed by atoms with E-state index in [1.54, 1.807) is 0 Å². The molecule has 14 heavy (non-hydrogen) atoms. The molecule has 4 heteroatoms. The van der Waals surface area contributed by atoms with Crippen LogP contribution in [0.4, 0.5) is 0 Å². The van der Waals surface area contributed by atoms with Crippen molar-refractivity contribution in [1.82, 2.24) is 9.88 Å². The normalized spacial score (nSPS) is 10.1. The molecule has 1 heterocycles. The Kier molecular flexibility index (Phi) is 4.19. The summed E-state index contributed by atoms with van der Waals surface area (Å²) >= 11 is 0. The van der Waals surface area contributed by atoms with Crippen LogP contribution in [0, 0.1) is 0 Å². The molecule has 0 aliphatic rings. The number of carbonyl (C=O) groups is 1. The van der Waals surface area contributed by atoms with Crippen molar-refractivity contribution in [2.24, 2.45) is 5.73 Å². The maximum Gasteiger partial charge on any atom is 0.239 e. The average Bonchev–Trinajstić information content (AvgIpc) is 2.62. The van der Waals surface area contributed by atoms with Crippen molar-refractivity contribution in [2.75, 3.05) is 6.54 Å². The van der Waals surface area contributed by atoms with Gasteiger partial charge in [-0.2, -0.15) is 0 Å². The van der Waals surface area contributed by atoms with Gasteiger partial charge < -0.3 is 15.6 Å². The fraction of sp³-hybridized carbons (Fsp3) is 0.500. The summed E-state index contributed by atoms with van der Waals surface area (Å²) in [5.74, 6) is 0.0472. The van der Waals surface area contributed by atoms with Crippen molar-refractivity contribution in [2.45, 2.75) is 26.4 Å². The molecule has 0 fully saturated rings. The summed E-state index contributed by atoms with van der Waals surface area (Å²) in [6.45, 7) is 3.66. The molecule has 0 bridgehead atoms. The highest BCUT2D eigenvalue weighted by Crippen LogP contribution is 1.99. The Bertz CT molecular complexity index is 293. The summed E-state index contributed by atoms with van der Waals surface area (Å²) in [7, 11) is 0. The zero-order valence-electron chi connectivity index (χ0n) is 8.49. The number of carbonyl (C=O) groups excluding carboxylic acids is 1. The molecular formula is C10H17N3O. The number of amides is 1. The number of hydrogen-bond donors (Lipinski definition) is 2. The number of rotatable bonds is 5. The predicted octanol–water partition coefficient (Wildman–Crippen LogP) is 0.473. The molecular weight excluding hydrogens is 178 g/mol. The van der Waals surface area contributed by atoms with Crippen molar-refractivity contribution >= 4 is 5.91 Å². The summed E-state index contributed by atoms with van der Waals surface area (Å²) in [6, 6.07) is 1.92. The van der Waals surface area contributed by atoms with Crippen LogP contribution in [0.25, 0.3) is 0 Å². The van der Waals surface area contributed by atoms with E-state index in [1.165, 1.54) is 0 Å². The fourth-order valence-corrected chi connectivity index (χ4v) is 1.20. The van der Waals surface area contributed by atoms with E-state index in [9.17, 15) is 4.79 Å². The highest BCUT2D eigenvalue weighted by Gasteiger charge is 2.01. The molecule has 3 N–H and O–H groups in total. The predicted molar refractivity (Wildman–Crippen MR) is 55.6 cm³/mol. The second kappa shape index (κ2) is 5.44. The molecule has 0 atom stereocenters. The number of aromatic nitrogens is 1. The standard InChI is InChI=1S/C10H17N3O/c1-2-4-12-10(14)8-13-5-3-9(6-11)7-13/h3,5,7H,2,4,6,8,11H2,1H3,(H,12,14). The van der Waals surface area contributed by atoms with Crippen LogP contribution in [0.3, 0.4) is 0 Å². The van der Waals surface area contributed by atoms with E-state index in [0.29, 0.717) is 13.1 Å². The quantitative estimate of drug-likeness (QED) is 0.717. The first-order valence-corrected chi connectivity index (χ1v) is 4.87. The van der Waals surface area contributed by atoms with E-state index in [0.717, 1.165) is 18.5 Å². The van der Waals surface area contributed by atoms with Crippen molar-refractivity contribution in [3.05, 3.63) is 24.0 Å². The van der Waals surface area contributed by atoms with Crippen LogP contribution in [-0.2, 0) is 17.9 Å². The summed E-state index contributed by atoms with van der Waals surface area (Å²) < 4.78 is 1.84. The molecule has 0 aliphatic heterocycles. The Morgan fingerprint density at radius 1 is 1.64 bits per heavy atom.